The molecule has 15 heavy (non-hydrogen) atoms. The van der Waals surface area contributed by atoms with Crippen molar-refractivity contribution in [2.24, 2.45) is 0 Å². The van der Waals surface area contributed by atoms with Crippen LogP contribution >= 0.6 is 0 Å². The lowest BCUT2D eigenvalue weighted by Crippen LogP contribution is -2.23. The Morgan fingerprint density at radius 3 is 3.00 bits per heavy atom. The predicted octanol–water partition coefficient (Wildman–Crippen LogP) is 0.0581. The van der Waals surface area contributed by atoms with Crippen molar-refractivity contribution in [2.75, 3.05) is 31.3 Å². The number of nitrogen functional groups attached to an aromatic ring is 1. The number of nitrogens with two attached hydrogens (primary N) is 1. The van der Waals surface area contributed by atoms with Gasteiger partial charge in [0.05, 0.1) is 13.5 Å². The molecule has 6 nitrogen and oxygen atoms in total. The summed E-state index contributed by atoms with van der Waals surface area (Å²) >= 11 is 0. The van der Waals surface area contributed by atoms with Crippen molar-refractivity contribution in [3.63, 3.8) is 0 Å². The highest BCUT2D eigenvalue weighted by atomic mass is 16.5. The van der Waals surface area contributed by atoms with Gasteiger partial charge in [-0.1, -0.05) is 0 Å². The van der Waals surface area contributed by atoms with Crippen LogP contribution in [0.25, 0.3) is 0 Å². The molecule has 6 heteroatoms. The van der Waals surface area contributed by atoms with Gasteiger partial charge in [0.15, 0.2) is 0 Å². The van der Waals surface area contributed by atoms with Crippen molar-refractivity contribution in [3.05, 3.63) is 12.3 Å². The van der Waals surface area contributed by atoms with Crippen LogP contribution in [0, 0.1) is 0 Å². The zero-order valence-corrected chi connectivity index (χ0v) is 8.80. The average Bonchev–Trinajstić information content (AvgIpc) is 2.25. The fourth-order valence-corrected chi connectivity index (χ4v) is 1.01. The Kier molecular flexibility index (Phi) is 3.84. The Hall–Kier alpha value is -1.85. The summed E-state index contributed by atoms with van der Waals surface area (Å²) < 4.78 is 4.53. The normalized spacial score (nSPS) is 9.73. The van der Waals surface area contributed by atoms with Gasteiger partial charge < -0.3 is 15.4 Å². The molecule has 1 heterocycles. The molecule has 0 radical (unpaired) electrons. The van der Waals surface area contributed by atoms with Crippen molar-refractivity contribution in [2.45, 2.75) is 6.42 Å². The number of hydrogen-bond donors (Lipinski definition) is 1. The molecule has 0 fully saturated rings. The Labute approximate surface area is 88.1 Å². The molecule has 1 aromatic heterocycles. The largest absolute Gasteiger partial charge is 0.469 e. The number of hydrogen-bond acceptors (Lipinski definition) is 6. The molecule has 0 amide bonds. The molecule has 0 saturated carbocycles. The fraction of sp³-hybridized carbons (Fsp3) is 0.444. The molecule has 2 N–H and O–H groups in total. The summed E-state index contributed by atoms with van der Waals surface area (Å²) in [4.78, 5) is 20.7. The highest BCUT2D eigenvalue weighted by Gasteiger charge is 2.07. The molecule has 82 valence electrons. The molecule has 0 aliphatic heterocycles. The van der Waals surface area contributed by atoms with Crippen molar-refractivity contribution < 1.29 is 9.53 Å². The number of nitrogens with zero attached hydrogens (tertiary/aromatic N) is 3. The van der Waals surface area contributed by atoms with Gasteiger partial charge in [0.1, 0.15) is 5.82 Å². The first-order chi connectivity index (χ1) is 7.13. The van der Waals surface area contributed by atoms with Gasteiger partial charge in [0.25, 0.3) is 0 Å². The second-order valence-electron chi connectivity index (χ2n) is 3.03. The van der Waals surface area contributed by atoms with Crippen LogP contribution in [-0.2, 0) is 9.53 Å². The van der Waals surface area contributed by atoms with Gasteiger partial charge in [-0.15, -0.1) is 0 Å². The topological polar surface area (TPSA) is 81.3 Å². The van der Waals surface area contributed by atoms with E-state index in [0.29, 0.717) is 24.7 Å². The minimum atomic E-state index is -0.259. The number of esters is 1. The number of rotatable bonds is 4. The molecule has 0 aromatic carbocycles. The van der Waals surface area contributed by atoms with Gasteiger partial charge in [-0.25, -0.2) is 4.98 Å². The monoisotopic (exact) mass is 210 g/mol. The first-order valence-electron chi connectivity index (χ1n) is 4.50. The second-order valence-corrected chi connectivity index (χ2v) is 3.03. The van der Waals surface area contributed by atoms with E-state index in [1.54, 1.807) is 24.2 Å². The maximum atomic E-state index is 10.9. The molecule has 0 aliphatic carbocycles. The molecular weight excluding hydrogens is 196 g/mol. The third-order valence-corrected chi connectivity index (χ3v) is 1.88. The predicted molar refractivity (Wildman–Crippen MR) is 56.3 cm³/mol. The molecule has 1 rings (SSSR count). The van der Waals surface area contributed by atoms with E-state index in [1.807, 2.05) is 0 Å². The Bertz CT molecular complexity index is 343. The lowest BCUT2D eigenvalue weighted by molar-refractivity contribution is -0.140. The van der Waals surface area contributed by atoms with Crippen LogP contribution in [0.2, 0.25) is 0 Å². The van der Waals surface area contributed by atoms with Crippen LogP contribution in [0.3, 0.4) is 0 Å². The lowest BCUT2D eigenvalue weighted by Gasteiger charge is -2.15. The van der Waals surface area contributed by atoms with Crippen LogP contribution in [-0.4, -0.2) is 36.6 Å². The Balaban J connectivity index is 2.53. The number of aromatic nitrogens is 2. The van der Waals surface area contributed by atoms with Crippen molar-refractivity contribution >= 4 is 17.7 Å². The number of carbonyl (C=O) groups excluding carboxylic acids is 1. The van der Waals surface area contributed by atoms with Gasteiger partial charge in [-0.2, -0.15) is 4.98 Å². The Morgan fingerprint density at radius 2 is 2.40 bits per heavy atom. The van der Waals surface area contributed by atoms with E-state index < -0.39 is 0 Å². The summed E-state index contributed by atoms with van der Waals surface area (Å²) in [6.45, 7) is 0.496. The van der Waals surface area contributed by atoms with E-state index in [-0.39, 0.29) is 5.97 Å². The lowest BCUT2D eigenvalue weighted by atomic mass is 10.4. The second kappa shape index (κ2) is 5.14. The molecule has 0 unspecified atom stereocenters. The third kappa shape index (κ3) is 3.41. The third-order valence-electron chi connectivity index (χ3n) is 1.88. The summed E-state index contributed by atoms with van der Waals surface area (Å²) in [7, 11) is 3.15. The van der Waals surface area contributed by atoms with Gasteiger partial charge in [-0.3, -0.25) is 4.79 Å². The Morgan fingerprint density at radius 1 is 1.67 bits per heavy atom. The maximum absolute atomic E-state index is 10.9. The van der Waals surface area contributed by atoms with Crippen molar-refractivity contribution in [1.29, 1.82) is 0 Å². The number of carbonyl (C=O) groups is 1. The standard InChI is InChI=1S/C9H14N4O2/c1-13(6-4-8(14)15-2)9-11-5-3-7(10)12-9/h3,5H,4,6H2,1-2H3,(H2,10,11,12). The van der Waals surface area contributed by atoms with E-state index in [4.69, 9.17) is 5.73 Å². The number of methoxy groups -OCH3 is 1. The van der Waals surface area contributed by atoms with E-state index in [1.165, 1.54) is 7.11 Å². The quantitative estimate of drug-likeness (QED) is 0.707. The summed E-state index contributed by atoms with van der Waals surface area (Å²) in [6.07, 6.45) is 1.87. The first kappa shape index (κ1) is 11.2. The SMILES string of the molecule is COC(=O)CCN(C)c1nccc(N)n1. The van der Waals surface area contributed by atoms with Gasteiger partial charge in [0, 0.05) is 19.8 Å². The molecule has 0 spiro atoms. The summed E-state index contributed by atoms with van der Waals surface area (Å²) in [5.41, 5.74) is 5.51. The minimum Gasteiger partial charge on any atom is -0.469 e. The van der Waals surface area contributed by atoms with Crippen LogP contribution in [0.1, 0.15) is 6.42 Å². The van der Waals surface area contributed by atoms with E-state index >= 15 is 0 Å². The van der Waals surface area contributed by atoms with Crippen LogP contribution < -0.4 is 10.6 Å². The minimum absolute atomic E-state index is 0.259. The summed E-state index contributed by atoms with van der Waals surface area (Å²) in [5.74, 6) is 0.648. The van der Waals surface area contributed by atoms with Crippen molar-refractivity contribution in [3.8, 4) is 0 Å². The zero-order valence-electron chi connectivity index (χ0n) is 8.80. The van der Waals surface area contributed by atoms with E-state index in [2.05, 4.69) is 14.7 Å². The van der Waals surface area contributed by atoms with Crippen LogP contribution in [0.5, 0.6) is 0 Å². The van der Waals surface area contributed by atoms with Crippen LogP contribution in [0.4, 0.5) is 11.8 Å². The highest BCUT2D eigenvalue weighted by molar-refractivity contribution is 5.69. The van der Waals surface area contributed by atoms with Crippen molar-refractivity contribution in [1.82, 2.24) is 9.97 Å². The van der Waals surface area contributed by atoms with Gasteiger partial charge >= 0.3 is 5.97 Å². The number of anilines is 2. The van der Waals surface area contributed by atoms with E-state index in [9.17, 15) is 4.79 Å². The molecule has 0 bridgehead atoms. The molecule has 0 aliphatic rings. The number of ether oxygens (including phenoxy) is 1. The molecule has 1 aromatic rings. The van der Waals surface area contributed by atoms with E-state index in [0.717, 1.165) is 0 Å². The van der Waals surface area contributed by atoms with Crippen LogP contribution in [0.15, 0.2) is 12.3 Å². The smallest absolute Gasteiger partial charge is 0.307 e. The molecule has 0 saturated heterocycles. The average molecular weight is 210 g/mol. The zero-order chi connectivity index (χ0) is 11.3. The summed E-state index contributed by atoms with van der Waals surface area (Å²) in [5, 5.41) is 0. The van der Waals surface area contributed by atoms with Gasteiger partial charge in [0.2, 0.25) is 5.95 Å². The maximum Gasteiger partial charge on any atom is 0.307 e. The summed E-state index contributed by atoms with van der Waals surface area (Å²) in [6, 6.07) is 1.61. The van der Waals surface area contributed by atoms with Gasteiger partial charge in [-0.05, 0) is 6.07 Å². The first-order valence-corrected chi connectivity index (χ1v) is 4.50. The molecular formula is C9H14N4O2. The molecule has 0 atom stereocenters. The fourth-order valence-electron chi connectivity index (χ4n) is 1.01. The highest BCUT2D eigenvalue weighted by Crippen LogP contribution is 2.06.